The van der Waals surface area contributed by atoms with E-state index in [0.717, 1.165) is 96.3 Å². The van der Waals surface area contributed by atoms with Crippen molar-refractivity contribution in [3.8, 4) is 0 Å². The minimum Gasteiger partial charge on any atom is -0.395 e. The normalized spacial score (nSPS) is 24.5. The summed E-state index contributed by atoms with van der Waals surface area (Å²) in [4.78, 5) is 12.1. The molecule has 11 heteroatoms. The molecule has 0 radical (unpaired) electrons. The van der Waals surface area contributed by atoms with Crippen LogP contribution in [0.1, 0.15) is 148 Å². The Labute approximate surface area is 278 Å². The summed E-state index contributed by atoms with van der Waals surface area (Å²) < 4.78 is 11.2. The highest BCUT2D eigenvalue weighted by atomic mass is 16.7. The highest BCUT2D eigenvalue weighted by molar-refractivity contribution is 5.78. The molecule has 9 atom stereocenters. The third-order valence-electron chi connectivity index (χ3n) is 9.35. The van der Waals surface area contributed by atoms with Crippen LogP contribution in [0.5, 0.6) is 0 Å². The molecule has 0 saturated carbocycles. The van der Waals surface area contributed by atoms with Crippen LogP contribution in [0.2, 0.25) is 0 Å². The summed E-state index contributed by atoms with van der Waals surface area (Å²) in [6, 6.07) is -0.836. The van der Waals surface area contributed by atoms with E-state index < -0.39 is 49.5 Å². The van der Waals surface area contributed by atoms with Gasteiger partial charge in [0.15, 0.2) is 6.29 Å². The van der Waals surface area contributed by atoms with Crippen LogP contribution in [0.25, 0.3) is 0 Å². The highest BCUT2D eigenvalue weighted by Crippen LogP contribution is 2.25. The summed E-state index contributed by atoms with van der Waals surface area (Å²) in [5.41, 5.74) is 11.7. The largest absolute Gasteiger partial charge is 0.395 e. The van der Waals surface area contributed by atoms with E-state index in [1.54, 1.807) is 0 Å². The average Bonchev–Trinajstić information content (AvgIpc) is 3.04. The molecule has 1 heterocycles. The zero-order valence-corrected chi connectivity index (χ0v) is 28.7. The van der Waals surface area contributed by atoms with Crippen molar-refractivity contribution in [1.82, 2.24) is 0 Å². The first-order chi connectivity index (χ1) is 22.1. The monoisotopic (exact) mass is 663 g/mol. The van der Waals surface area contributed by atoms with Crippen molar-refractivity contribution >= 4 is 5.78 Å². The molecule has 10 N–H and O–H groups in total. The van der Waals surface area contributed by atoms with E-state index in [1.807, 2.05) is 6.92 Å². The van der Waals surface area contributed by atoms with E-state index >= 15 is 0 Å². The second-order valence-electron chi connectivity index (χ2n) is 13.6. The SMILES string of the molecule is C[C@@H](N)[C@H](O)CCCCCCCCC(=O)CCCCCCCCCCCCCC[C@@H](O[C@@H]1O[C@H](CO)[C@H](O)[C@H](O)[C@H]1O)[C@H](N)CO. The fourth-order valence-electron chi connectivity index (χ4n) is 6.06. The number of ether oxygens (including phenoxy) is 2. The number of hydrogen-bond acceptors (Lipinski definition) is 11. The second kappa shape index (κ2) is 27.1. The summed E-state index contributed by atoms with van der Waals surface area (Å²) in [7, 11) is 0. The minimum atomic E-state index is -1.52. The van der Waals surface area contributed by atoms with E-state index in [-0.39, 0.29) is 18.8 Å². The van der Waals surface area contributed by atoms with Gasteiger partial charge in [-0.1, -0.05) is 103 Å². The topological polar surface area (TPSA) is 209 Å². The number of rotatable bonds is 30. The smallest absolute Gasteiger partial charge is 0.187 e. The Hall–Kier alpha value is -0.730. The molecule has 0 bridgehead atoms. The van der Waals surface area contributed by atoms with Gasteiger partial charge in [-0.25, -0.2) is 0 Å². The van der Waals surface area contributed by atoms with Crippen molar-refractivity contribution in [3.05, 3.63) is 0 Å². The summed E-state index contributed by atoms with van der Waals surface area (Å²) in [6.07, 6.45) is 15.2. The molecule has 1 aliphatic rings. The Morgan fingerprint density at radius 2 is 1.11 bits per heavy atom. The van der Waals surface area contributed by atoms with E-state index in [0.29, 0.717) is 12.2 Å². The molecule has 1 saturated heterocycles. The Bertz CT molecular complexity index is 730. The van der Waals surface area contributed by atoms with Gasteiger partial charge in [0.2, 0.25) is 0 Å². The molecule has 0 aliphatic carbocycles. The lowest BCUT2D eigenvalue weighted by molar-refractivity contribution is -0.313. The molecule has 11 nitrogen and oxygen atoms in total. The van der Waals surface area contributed by atoms with E-state index in [9.17, 15) is 35.4 Å². The Kier molecular flexibility index (Phi) is 25.5. The van der Waals surface area contributed by atoms with Crippen LogP contribution >= 0.6 is 0 Å². The molecule has 46 heavy (non-hydrogen) atoms. The number of nitrogens with two attached hydrogens (primary N) is 2. The Morgan fingerprint density at radius 1 is 0.674 bits per heavy atom. The summed E-state index contributed by atoms with van der Waals surface area (Å²) >= 11 is 0. The van der Waals surface area contributed by atoms with Crippen molar-refractivity contribution in [3.63, 3.8) is 0 Å². The second-order valence-corrected chi connectivity index (χ2v) is 13.6. The number of carbonyl (C=O) groups is 1. The molecular formula is C35H70N2O9. The van der Waals surface area contributed by atoms with Gasteiger partial charge in [0.1, 0.15) is 30.2 Å². The molecule has 0 aromatic carbocycles. The summed E-state index contributed by atoms with van der Waals surface area (Å²) in [5.74, 6) is 0.410. The number of unbranched alkanes of at least 4 members (excludes halogenated alkanes) is 16. The molecule has 274 valence electrons. The molecule has 1 rings (SSSR count). The zero-order valence-electron chi connectivity index (χ0n) is 28.7. The van der Waals surface area contributed by atoms with Gasteiger partial charge in [0.25, 0.3) is 0 Å². The van der Waals surface area contributed by atoms with Gasteiger partial charge in [-0.2, -0.15) is 0 Å². The number of hydrogen-bond donors (Lipinski definition) is 8. The molecule has 0 spiro atoms. The van der Waals surface area contributed by atoms with Gasteiger partial charge in [-0.15, -0.1) is 0 Å². The first-order valence-corrected chi connectivity index (χ1v) is 18.4. The zero-order chi connectivity index (χ0) is 34.2. The van der Waals surface area contributed by atoms with E-state index in [4.69, 9.17) is 20.9 Å². The third kappa shape index (κ3) is 19.3. The van der Waals surface area contributed by atoms with Gasteiger partial charge in [-0.05, 0) is 32.6 Å². The summed E-state index contributed by atoms with van der Waals surface area (Å²) in [6.45, 7) is 1.01. The van der Waals surface area contributed by atoms with Crippen molar-refractivity contribution < 1.29 is 44.9 Å². The standard InChI is InChI=1S/C35H70N2O9/c1-26(36)29(41)22-18-14-11-10-13-17-21-27(40)20-16-12-8-6-4-2-3-5-7-9-15-19-23-30(28(37)24-38)45-35-34(44)33(43)32(42)31(25-39)46-35/h26,28-35,38-39,41-44H,2-25,36-37H2,1H3/t26-,28-,29-,30-,31-,32+,33+,34-,35-/m1/s1. The van der Waals surface area contributed by atoms with Crippen LogP contribution in [-0.4, -0.2) is 105 Å². The van der Waals surface area contributed by atoms with Gasteiger partial charge >= 0.3 is 0 Å². The minimum absolute atomic E-state index is 0.153. The lowest BCUT2D eigenvalue weighted by Crippen LogP contribution is -2.60. The maximum absolute atomic E-state index is 12.1. The first-order valence-electron chi connectivity index (χ1n) is 18.4. The highest BCUT2D eigenvalue weighted by Gasteiger charge is 2.45. The van der Waals surface area contributed by atoms with Gasteiger partial charge in [0.05, 0.1) is 31.5 Å². The average molecular weight is 663 g/mol. The van der Waals surface area contributed by atoms with Gasteiger partial charge in [-0.3, -0.25) is 4.79 Å². The number of ketones is 1. The number of carbonyl (C=O) groups excluding carboxylic acids is 1. The molecular weight excluding hydrogens is 592 g/mol. The van der Waals surface area contributed by atoms with Crippen molar-refractivity contribution in [2.24, 2.45) is 11.5 Å². The molecule has 0 unspecified atom stereocenters. The van der Waals surface area contributed by atoms with Crippen LogP contribution < -0.4 is 11.5 Å². The maximum Gasteiger partial charge on any atom is 0.187 e. The predicted octanol–water partition coefficient (Wildman–Crippen LogP) is 3.35. The van der Waals surface area contributed by atoms with Crippen LogP contribution in [0.4, 0.5) is 0 Å². The fraction of sp³-hybridized carbons (Fsp3) is 0.971. The molecule has 0 aromatic rings. The lowest BCUT2D eigenvalue weighted by Gasteiger charge is -2.41. The predicted molar refractivity (Wildman–Crippen MR) is 180 cm³/mol. The molecule has 1 aliphatic heterocycles. The molecule has 0 aromatic heterocycles. The Balaban J connectivity index is 1.96. The maximum atomic E-state index is 12.1. The fourth-order valence-corrected chi connectivity index (χ4v) is 6.06. The van der Waals surface area contributed by atoms with Crippen LogP contribution in [0.3, 0.4) is 0 Å². The van der Waals surface area contributed by atoms with Crippen molar-refractivity contribution in [2.75, 3.05) is 13.2 Å². The van der Waals surface area contributed by atoms with Crippen molar-refractivity contribution in [1.29, 1.82) is 0 Å². The van der Waals surface area contributed by atoms with Crippen LogP contribution in [0.15, 0.2) is 0 Å². The van der Waals surface area contributed by atoms with E-state index in [1.165, 1.54) is 38.5 Å². The van der Waals surface area contributed by atoms with Crippen LogP contribution in [-0.2, 0) is 14.3 Å². The Morgan fingerprint density at radius 3 is 1.54 bits per heavy atom. The number of aliphatic hydroxyl groups excluding tert-OH is 6. The van der Waals surface area contributed by atoms with Gasteiger partial charge < -0.3 is 51.6 Å². The van der Waals surface area contributed by atoms with Crippen LogP contribution in [0, 0.1) is 0 Å². The molecule has 1 fully saturated rings. The lowest BCUT2D eigenvalue weighted by atomic mass is 9.98. The summed E-state index contributed by atoms with van der Waals surface area (Å²) in [5, 5.41) is 58.8. The quantitative estimate of drug-likeness (QED) is 0.0523. The third-order valence-corrected chi connectivity index (χ3v) is 9.35. The number of Topliss-reactive ketones (excluding diaryl/α,β-unsaturated/α-hetero) is 1. The first kappa shape index (κ1) is 43.3. The van der Waals surface area contributed by atoms with Crippen molar-refractivity contribution in [2.45, 2.75) is 203 Å². The van der Waals surface area contributed by atoms with E-state index in [2.05, 4.69) is 0 Å². The molecule has 0 amide bonds. The number of aliphatic hydroxyl groups is 6. The van der Waals surface area contributed by atoms with Gasteiger partial charge in [0, 0.05) is 18.9 Å².